The van der Waals surface area contributed by atoms with E-state index in [9.17, 15) is 17.2 Å². The van der Waals surface area contributed by atoms with Gasteiger partial charge in [-0.15, -0.1) is 0 Å². The molecule has 2 aromatic rings. The van der Waals surface area contributed by atoms with Crippen molar-refractivity contribution in [3.05, 3.63) is 30.4 Å². The Labute approximate surface area is 163 Å². The lowest BCUT2D eigenvalue weighted by atomic mass is 10.0. The van der Waals surface area contributed by atoms with Crippen LogP contribution in [0.2, 0.25) is 0 Å². The number of hydrogen-bond donors (Lipinski definition) is 0. The normalized spacial score (nSPS) is 16.9. The third kappa shape index (κ3) is 5.30. The summed E-state index contributed by atoms with van der Waals surface area (Å²) in [4.78, 5) is 10.3. The first kappa shape index (κ1) is 20.7. The summed E-state index contributed by atoms with van der Waals surface area (Å²) in [5.74, 6) is 0.527. The van der Waals surface area contributed by atoms with Crippen LogP contribution in [0.25, 0.3) is 11.4 Å². The summed E-state index contributed by atoms with van der Waals surface area (Å²) in [6.45, 7) is 0.620. The Morgan fingerprint density at radius 3 is 2.36 bits per heavy atom. The molecule has 0 N–H and O–H groups in total. The number of sulfonamides is 1. The lowest BCUT2D eigenvalue weighted by Crippen LogP contribution is -2.47. The van der Waals surface area contributed by atoms with E-state index in [0.717, 1.165) is 11.1 Å². The zero-order valence-electron chi connectivity index (χ0n) is 15.9. The molecule has 3 heterocycles. The van der Waals surface area contributed by atoms with Gasteiger partial charge in [0, 0.05) is 56.9 Å². The molecular weight excluding hydrogens is 390 g/mol. The number of rotatable bonds is 7. The fourth-order valence-electron chi connectivity index (χ4n) is 3.42. The van der Waals surface area contributed by atoms with Gasteiger partial charge in [0.15, 0.2) is 5.82 Å². The van der Waals surface area contributed by atoms with Gasteiger partial charge in [-0.3, -0.25) is 9.58 Å². The number of piperidine rings is 1. The maximum absolute atomic E-state index is 13.1. The third-order valence-electron chi connectivity index (χ3n) is 4.84. The summed E-state index contributed by atoms with van der Waals surface area (Å²) in [6.07, 6.45) is 6.48. The Bertz CT molecular complexity index is 879. The quantitative estimate of drug-likeness (QED) is 0.680. The summed E-state index contributed by atoms with van der Waals surface area (Å²) in [7, 11) is -1.45. The summed E-state index contributed by atoms with van der Waals surface area (Å²) >= 11 is 0. The highest BCUT2D eigenvalue weighted by Crippen LogP contribution is 2.22. The number of nitrogens with zero attached hydrogens (tertiary/aromatic N) is 6. The van der Waals surface area contributed by atoms with Crippen molar-refractivity contribution >= 4 is 10.0 Å². The second-order valence-electron chi connectivity index (χ2n) is 7.03. The average Bonchev–Trinajstić information content (AvgIpc) is 3.07. The average molecular weight is 414 g/mol. The van der Waals surface area contributed by atoms with Crippen LogP contribution in [0.5, 0.6) is 0 Å². The summed E-state index contributed by atoms with van der Waals surface area (Å²) in [5, 5.41) is 4.08. The maximum Gasteiger partial charge on any atom is 0.251 e. The lowest BCUT2D eigenvalue weighted by Gasteiger charge is -2.37. The molecule has 0 saturated carbocycles. The summed E-state index contributed by atoms with van der Waals surface area (Å²) < 4.78 is 52.6. The van der Waals surface area contributed by atoms with Crippen molar-refractivity contribution in [3.8, 4) is 11.4 Å². The van der Waals surface area contributed by atoms with Crippen LogP contribution in [0.15, 0.2) is 24.8 Å². The van der Waals surface area contributed by atoms with Gasteiger partial charge in [0.25, 0.3) is 6.43 Å². The van der Waals surface area contributed by atoms with Crippen molar-refractivity contribution in [2.45, 2.75) is 31.9 Å². The van der Waals surface area contributed by atoms with E-state index in [-0.39, 0.29) is 12.6 Å². The highest BCUT2D eigenvalue weighted by atomic mass is 32.2. The van der Waals surface area contributed by atoms with E-state index in [1.54, 1.807) is 41.4 Å². The van der Waals surface area contributed by atoms with Gasteiger partial charge in [0.2, 0.25) is 10.0 Å². The Morgan fingerprint density at radius 2 is 1.86 bits per heavy atom. The smallest absolute Gasteiger partial charge is 0.251 e. The van der Waals surface area contributed by atoms with Crippen molar-refractivity contribution < 1.29 is 17.2 Å². The van der Waals surface area contributed by atoms with Crippen LogP contribution in [0.1, 0.15) is 18.4 Å². The predicted molar refractivity (Wildman–Crippen MR) is 100 cm³/mol. The molecule has 0 unspecified atom stereocenters. The second-order valence-corrected chi connectivity index (χ2v) is 9.01. The van der Waals surface area contributed by atoms with E-state index < -0.39 is 16.4 Å². The molecule has 0 aromatic carbocycles. The van der Waals surface area contributed by atoms with Crippen LogP contribution in [-0.2, 0) is 23.6 Å². The number of halogens is 2. The summed E-state index contributed by atoms with van der Waals surface area (Å²) in [6, 6.07) is -0.106. The molecule has 1 aliphatic heterocycles. The van der Waals surface area contributed by atoms with Crippen molar-refractivity contribution in [1.29, 1.82) is 0 Å². The van der Waals surface area contributed by atoms with Gasteiger partial charge < -0.3 is 0 Å². The minimum atomic E-state index is -3.25. The first-order valence-corrected chi connectivity index (χ1v) is 10.8. The van der Waals surface area contributed by atoms with Crippen LogP contribution in [0.4, 0.5) is 8.78 Å². The van der Waals surface area contributed by atoms with Crippen LogP contribution in [-0.4, -0.2) is 75.7 Å². The minimum Gasteiger partial charge on any atom is -0.290 e. The first-order valence-electron chi connectivity index (χ1n) is 8.99. The Kier molecular flexibility index (Phi) is 6.36. The van der Waals surface area contributed by atoms with Gasteiger partial charge in [-0.2, -0.15) is 5.10 Å². The monoisotopic (exact) mass is 414 g/mol. The molecule has 2 aromatic heterocycles. The predicted octanol–water partition coefficient (Wildman–Crippen LogP) is 1.37. The number of aryl methyl sites for hydroxylation is 1. The molecule has 8 nitrogen and oxygen atoms in total. The molecule has 0 radical (unpaired) electrons. The van der Waals surface area contributed by atoms with Crippen LogP contribution >= 0.6 is 0 Å². The topological polar surface area (TPSA) is 84.2 Å². The molecule has 3 rings (SSSR count). The standard InChI is InChI=1S/C17H24F2N6O2S/c1-23-11-14(9-22-23)17-20-7-13(8-21-17)10-24(12-16(18)19)15-3-5-25(6-4-15)28(2,26)27/h7-9,11,15-16H,3-6,10,12H2,1-2H3. The third-order valence-corrected chi connectivity index (χ3v) is 6.14. The molecule has 0 bridgehead atoms. The Hall–Kier alpha value is -1.98. The molecular formula is C17H24F2N6O2S. The second kappa shape index (κ2) is 8.58. The van der Waals surface area contributed by atoms with Crippen molar-refractivity contribution in [2.24, 2.45) is 7.05 Å². The van der Waals surface area contributed by atoms with Crippen molar-refractivity contribution in [3.63, 3.8) is 0 Å². The van der Waals surface area contributed by atoms with E-state index in [2.05, 4.69) is 15.1 Å². The van der Waals surface area contributed by atoms with Crippen LogP contribution in [0, 0.1) is 0 Å². The number of hydrogen-bond acceptors (Lipinski definition) is 6. The molecule has 11 heteroatoms. The fraction of sp³-hybridized carbons (Fsp3) is 0.588. The SMILES string of the molecule is Cn1cc(-c2ncc(CN(CC(F)F)C3CCN(S(C)(=O)=O)CC3)cn2)cn1. The van der Waals surface area contributed by atoms with Gasteiger partial charge in [-0.25, -0.2) is 31.5 Å². The van der Waals surface area contributed by atoms with Crippen LogP contribution in [0.3, 0.4) is 0 Å². The zero-order chi connectivity index (χ0) is 20.3. The Morgan fingerprint density at radius 1 is 1.21 bits per heavy atom. The van der Waals surface area contributed by atoms with Crippen LogP contribution < -0.4 is 0 Å². The Balaban J connectivity index is 1.67. The molecule has 0 spiro atoms. The minimum absolute atomic E-state index is 0.106. The highest BCUT2D eigenvalue weighted by molar-refractivity contribution is 7.88. The molecule has 28 heavy (non-hydrogen) atoms. The fourth-order valence-corrected chi connectivity index (χ4v) is 4.29. The van der Waals surface area contributed by atoms with E-state index in [0.29, 0.717) is 38.3 Å². The van der Waals surface area contributed by atoms with E-state index in [1.165, 1.54) is 10.6 Å². The molecule has 154 valence electrons. The number of alkyl halides is 2. The molecule has 1 fully saturated rings. The lowest BCUT2D eigenvalue weighted by molar-refractivity contribution is 0.0455. The molecule has 0 amide bonds. The maximum atomic E-state index is 13.1. The van der Waals surface area contributed by atoms with E-state index in [1.807, 2.05) is 0 Å². The largest absolute Gasteiger partial charge is 0.290 e. The van der Waals surface area contributed by atoms with Crippen molar-refractivity contribution in [1.82, 2.24) is 29.0 Å². The van der Waals surface area contributed by atoms with Gasteiger partial charge in [-0.05, 0) is 12.8 Å². The van der Waals surface area contributed by atoms with Crippen molar-refractivity contribution in [2.75, 3.05) is 25.9 Å². The van der Waals surface area contributed by atoms with Gasteiger partial charge in [0.05, 0.1) is 24.6 Å². The molecule has 1 saturated heterocycles. The zero-order valence-corrected chi connectivity index (χ0v) is 16.7. The molecule has 0 atom stereocenters. The van der Waals surface area contributed by atoms with E-state index >= 15 is 0 Å². The first-order chi connectivity index (χ1) is 13.2. The van der Waals surface area contributed by atoms with Gasteiger partial charge in [0.1, 0.15) is 0 Å². The van der Waals surface area contributed by atoms with Gasteiger partial charge >= 0.3 is 0 Å². The molecule has 1 aliphatic rings. The van der Waals surface area contributed by atoms with E-state index in [4.69, 9.17) is 0 Å². The number of aromatic nitrogens is 4. The van der Waals surface area contributed by atoms with Gasteiger partial charge in [-0.1, -0.05) is 0 Å². The highest BCUT2D eigenvalue weighted by Gasteiger charge is 2.29. The summed E-state index contributed by atoms with van der Waals surface area (Å²) in [5.41, 5.74) is 1.52. The molecule has 0 aliphatic carbocycles.